The Hall–Kier alpha value is -2.25. The Labute approximate surface area is 157 Å². The summed E-state index contributed by atoms with van der Waals surface area (Å²) < 4.78 is 0. The van der Waals surface area contributed by atoms with Gasteiger partial charge in [-0.05, 0) is 38.4 Å². The van der Waals surface area contributed by atoms with Crippen molar-refractivity contribution in [3.8, 4) is 10.6 Å². The van der Waals surface area contributed by atoms with Crippen LogP contribution in [-0.4, -0.2) is 33.9 Å². The number of carbonyl (C=O) groups excluding carboxylic acids is 2. The average Bonchev–Trinajstić information content (AvgIpc) is 3.14. The minimum Gasteiger partial charge on any atom is -0.324 e. The third kappa shape index (κ3) is 3.94. The van der Waals surface area contributed by atoms with Gasteiger partial charge >= 0.3 is 6.03 Å². The first-order chi connectivity index (χ1) is 12.4. The monoisotopic (exact) mass is 372 g/mol. The van der Waals surface area contributed by atoms with E-state index in [1.165, 1.54) is 4.90 Å². The molecule has 1 fully saturated rings. The lowest BCUT2D eigenvalue weighted by molar-refractivity contribution is -0.130. The topological polar surface area (TPSA) is 74.3 Å². The molecular weight excluding hydrogens is 348 g/mol. The van der Waals surface area contributed by atoms with E-state index in [-0.39, 0.29) is 18.5 Å². The van der Waals surface area contributed by atoms with Crippen LogP contribution in [0.15, 0.2) is 29.6 Å². The highest BCUT2D eigenvalue weighted by Crippen LogP contribution is 2.26. The number of thiazole rings is 1. The van der Waals surface area contributed by atoms with Crippen LogP contribution in [0.5, 0.6) is 0 Å². The Morgan fingerprint density at radius 3 is 2.81 bits per heavy atom. The number of hydrogen-bond donors (Lipinski definition) is 2. The predicted octanol–water partition coefficient (Wildman–Crippen LogP) is 3.14. The van der Waals surface area contributed by atoms with Gasteiger partial charge in [0.15, 0.2) is 0 Å². The summed E-state index contributed by atoms with van der Waals surface area (Å²) in [5.41, 5.74) is 2.09. The van der Waals surface area contributed by atoms with Crippen molar-refractivity contribution in [2.75, 3.05) is 6.54 Å². The number of hydrogen-bond acceptors (Lipinski definition) is 5. The lowest BCUT2D eigenvalue weighted by Gasteiger charge is -2.16. The van der Waals surface area contributed by atoms with E-state index in [2.05, 4.69) is 27.9 Å². The van der Waals surface area contributed by atoms with Crippen molar-refractivity contribution in [1.82, 2.24) is 20.5 Å². The molecule has 1 aliphatic rings. The van der Waals surface area contributed by atoms with Crippen LogP contribution in [0.3, 0.4) is 0 Å². The maximum Gasteiger partial charge on any atom is 0.325 e. The molecular formula is C19H24N4O2S. The molecule has 26 heavy (non-hydrogen) atoms. The molecule has 0 atom stereocenters. The van der Waals surface area contributed by atoms with Crippen molar-refractivity contribution in [2.45, 2.75) is 45.8 Å². The molecule has 6 nitrogen and oxygen atoms in total. The first kappa shape index (κ1) is 18.5. The van der Waals surface area contributed by atoms with Crippen LogP contribution in [0.4, 0.5) is 4.79 Å². The fraction of sp³-hybridized carbons (Fsp3) is 0.421. The predicted molar refractivity (Wildman–Crippen MR) is 103 cm³/mol. The minimum absolute atomic E-state index is 0.202. The molecule has 1 aliphatic heterocycles. The number of carbonyl (C=O) groups is 2. The van der Waals surface area contributed by atoms with E-state index in [4.69, 9.17) is 0 Å². The molecule has 0 saturated carbocycles. The number of aromatic nitrogens is 1. The Kier molecular flexibility index (Phi) is 5.38. The molecule has 138 valence electrons. The lowest BCUT2D eigenvalue weighted by atomic mass is 10.1. The van der Waals surface area contributed by atoms with Crippen molar-refractivity contribution >= 4 is 23.3 Å². The molecule has 2 heterocycles. The van der Waals surface area contributed by atoms with Gasteiger partial charge in [0.25, 0.3) is 5.91 Å². The van der Waals surface area contributed by atoms with E-state index in [1.54, 1.807) is 25.2 Å². The average molecular weight is 372 g/mol. The molecule has 1 saturated heterocycles. The standard InChI is InChI=1S/C19H24N4O2S/c1-4-8-20-10-15-12-26-16(21-15)14-7-5-6-13(9-14)11-23-17(24)19(2,3)22-18(23)25/h5-7,9,12,20H,4,8,10-11H2,1-3H3,(H,22,25). The van der Waals surface area contributed by atoms with Gasteiger partial charge in [-0.2, -0.15) is 0 Å². The molecule has 0 bridgehead atoms. The summed E-state index contributed by atoms with van der Waals surface area (Å²) in [6, 6.07) is 7.51. The van der Waals surface area contributed by atoms with Gasteiger partial charge < -0.3 is 10.6 Å². The SMILES string of the molecule is CCCNCc1csc(-c2cccc(CN3C(=O)NC(C)(C)C3=O)c2)n1. The van der Waals surface area contributed by atoms with Gasteiger partial charge in [-0.25, -0.2) is 9.78 Å². The van der Waals surface area contributed by atoms with E-state index in [0.29, 0.717) is 0 Å². The van der Waals surface area contributed by atoms with Gasteiger partial charge in [0.2, 0.25) is 0 Å². The van der Waals surface area contributed by atoms with Crippen molar-refractivity contribution < 1.29 is 9.59 Å². The van der Waals surface area contributed by atoms with Crippen molar-refractivity contribution in [3.63, 3.8) is 0 Å². The van der Waals surface area contributed by atoms with Crippen LogP contribution in [0, 0.1) is 0 Å². The second kappa shape index (κ2) is 7.55. The molecule has 0 radical (unpaired) electrons. The molecule has 0 unspecified atom stereocenters. The maximum atomic E-state index is 12.4. The van der Waals surface area contributed by atoms with Gasteiger partial charge in [0.05, 0.1) is 12.2 Å². The summed E-state index contributed by atoms with van der Waals surface area (Å²) in [7, 11) is 0. The fourth-order valence-corrected chi connectivity index (χ4v) is 3.68. The number of rotatable bonds is 7. The highest BCUT2D eigenvalue weighted by Gasteiger charge is 2.44. The van der Waals surface area contributed by atoms with Gasteiger partial charge in [0, 0.05) is 17.5 Å². The second-order valence-electron chi connectivity index (χ2n) is 6.97. The number of benzene rings is 1. The molecule has 1 aromatic heterocycles. The number of urea groups is 1. The van der Waals surface area contributed by atoms with Crippen molar-refractivity contribution in [1.29, 1.82) is 0 Å². The molecule has 1 aromatic carbocycles. The normalized spacial score (nSPS) is 16.2. The van der Waals surface area contributed by atoms with Crippen LogP contribution in [0.2, 0.25) is 0 Å². The summed E-state index contributed by atoms with van der Waals surface area (Å²) in [6.45, 7) is 7.57. The number of nitrogens with zero attached hydrogens (tertiary/aromatic N) is 2. The van der Waals surface area contributed by atoms with Crippen LogP contribution in [-0.2, 0) is 17.9 Å². The maximum absolute atomic E-state index is 12.4. The molecule has 0 aliphatic carbocycles. The molecule has 2 aromatic rings. The van der Waals surface area contributed by atoms with Gasteiger partial charge in [-0.15, -0.1) is 11.3 Å². The first-order valence-corrected chi connectivity index (χ1v) is 9.67. The van der Waals surface area contributed by atoms with Crippen molar-refractivity contribution in [3.05, 3.63) is 40.9 Å². The van der Waals surface area contributed by atoms with E-state index >= 15 is 0 Å². The largest absolute Gasteiger partial charge is 0.325 e. The Bertz CT molecular complexity index is 815. The summed E-state index contributed by atoms with van der Waals surface area (Å²) in [5, 5.41) is 9.06. The third-order valence-electron chi connectivity index (χ3n) is 4.24. The summed E-state index contributed by atoms with van der Waals surface area (Å²) in [6.07, 6.45) is 1.10. The summed E-state index contributed by atoms with van der Waals surface area (Å²) in [4.78, 5) is 30.4. The quantitative estimate of drug-likeness (QED) is 0.578. The van der Waals surface area contributed by atoms with E-state index < -0.39 is 5.54 Å². The van der Waals surface area contributed by atoms with Crippen LogP contribution in [0.1, 0.15) is 38.4 Å². The van der Waals surface area contributed by atoms with Gasteiger partial charge in [-0.3, -0.25) is 9.69 Å². The van der Waals surface area contributed by atoms with Gasteiger partial charge in [0.1, 0.15) is 10.5 Å². The van der Waals surface area contributed by atoms with Crippen LogP contribution >= 0.6 is 11.3 Å². The lowest BCUT2D eigenvalue weighted by Crippen LogP contribution is -2.40. The Balaban J connectivity index is 1.73. The first-order valence-electron chi connectivity index (χ1n) is 8.79. The Morgan fingerprint density at radius 2 is 2.12 bits per heavy atom. The summed E-state index contributed by atoms with van der Waals surface area (Å²) in [5.74, 6) is -0.202. The Morgan fingerprint density at radius 1 is 1.31 bits per heavy atom. The minimum atomic E-state index is -0.843. The molecule has 7 heteroatoms. The number of amides is 3. The smallest absolute Gasteiger partial charge is 0.324 e. The zero-order valence-electron chi connectivity index (χ0n) is 15.3. The van der Waals surface area contributed by atoms with E-state index in [9.17, 15) is 9.59 Å². The zero-order valence-corrected chi connectivity index (χ0v) is 16.2. The highest BCUT2D eigenvalue weighted by molar-refractivity contribution is 7.13. The second-order valence-corrected chi connectivity index (χ2v) is 7.83. The molecule has 3 amide bonds. The molecule has 3 rings (SSSR count). The molecule has 2 N–H and O–H groups in total. The van der Waals surface area contributed by atoms with Gasteiger partial charge in [-0.1, -0.05) is 25.1 Å². The third-order valence-corrected chi connectivity index (χ3v) is 5.18. The zero-order chi connectivity index (χ0) is 18.7. The fourth-order valence-electron chi connectivity index (χ4n) is 2.86. The van der Waals surface area contributed by atoms with Crippen molar-refractivity contribution in [2.24, 2.45) is 0 Å². The summed E-state index contributed by atoms with van der Waals surface area (Å²) >= 11 is 1.60. The van der Waals surface area contributed by atoms with Crippen LogP contribution in [0.25, 0.3) is 10.6 Å². The van der Waals surface area contributed by atoms with E-state index in [1.807, 2.05) is 24.3 Å². The number of nitrogens with one attached hydrogen (secondary N) is 2. The van der Waals surface area contributed by atoms with E-state index in [0.717, 1.165) is 41.3 Å². The highest BCUT2D eigenvalue weighted by atomic mass is 32.1. The van der Waals surface area contributed by atoms with Crippen LogP contribution < -0.4 is 10.6 Å². The number of imide groups is 1. The molecule has 0 spiro atoms.